The molecule has 7 nitrogen and oxygen atoms in total. The van der Waals surface area contributed by atoms with Gasteiger partial charge in [0.1, 0.15) is 11.9 Å². The van der Waals surface area contributed by atoms with E-state index in [1.54, 1.807) is 11.5 Å². The number of carboxylic acids is 1. The Labute approximate surface area is 121 Å². The minimum Gasteiger partial charge on any atom is -0.481 e. The van der Waals surface area contributed by atoms with Crippen molar-refractivity contribution in [1.82, 2.24) is 19.7 Å². The van der Waals surface area contributed by atoms with Crippen LogP contribution >= 0.6 is 11.8 Å². The summed E-state index contributed by atoms with van der Waals surface area (Å²) >= 11 is 1.08. The maximum atomic E-state index is 12.4. The number of thioether (sulfide) groups is 1. The maximum Gasteiger partial charge on any atom is 0.313 e. The number of hydrogen-bond acceptors (Lipinski definition) is 5. The Morgan fingerprint density at radius 2 is 2.00 bits per heavy atom. The molecule has 20 heavy (non-hydrogen) atoms. The standard InChI is InChI=1S/C12H18N4O3S/c1-8(11(19)15-5-3-4-6-15)16-9(2)13-14-12(16)20-7-10(17)18/h8H,3-7H2,1-2H3,(H,17,18). The third-order valence-corrected chi connectivity index (χ3v) is 4.25. The first-order chi connectivity index (χ1) is 9.50. The Bertz CT molecular complexity index is 511. The van der Waals surface area contributed by atoms with E-state index < -0.39 is 12.0 Å². The summed E-state index contributed by atoms with van der Waals surface area (Å²) in [5, 5.41) is 17.1. The van der Waals surface area contributed by atoms with Crippen LogP contribution in [-0.2, 0) is 9.59 Å². The van der Waals surface area contributed by atoms with Crippen LogP contribution in [0.2, 0.25) is 0 Å². The highest BCUT2D eigenvalue weighted by Gasteiger charge is 2.27. The van der Waals surface area contributed by atoms with E-state index in [-0.39, 0.29) is 11.7 Å². The van der Waals surface area contributed by atoms with E-state index >= 15 is 0 Å². The molecule has 1 aliphatic rings. The number of hydrogen-bond donors (Lipinski definition) is 1. The number of likely N-dealkylation sites (tertiary alicyclic amines) is 1. The average Bonchev–Trinajstić information content (AvgIpc) is 3.04. The fraction of sp³-hybridized carbons (Fsp3) is 0.667. The average molecular weight is 298 g/mol. The topological polar surface area (TPSA) is 88.3 Å². The van der Waals surface area contributed by atoms with Crippen LogP contribution in [0.5, 0.6) is 0 Å². The fourth-order valence-corrected chi connectivity index (χ4v) is 3.11. The zero-order valence-electron chi connectivity index (χ0n) is 11.6. The van der Waals surface area contributed by atoms with E-state index in [2.05, 4.69) is 10.2 Å². The summed E-state index contributed by atoms with van der Waals surface area (Å²) in [6, 6.07) is -0.403. The first kappa shape index (κ1) is 14.8. The van der Waals surface area contributed by atoms with Crippen molar-refractivity contribution in [3.8, 4) is 0 Å². The van der Waals surface area contributed by atoms with Gasteiger partial charge in [-0.15, -0.1) is 10.2 Å². The lowest BCUT2D eigenvalue weighted by molar-refractivity contribution is -0.134. The molecule has 1 aromatic rings. The van der Waals surface area contributed by atoms with Crippen molar-refractivity contribution in [1.29, 1.82) is 0 Å². The van der Waals surface area contributed by atoms with Crippen LogP contribution < -0.4 is 0 Å². The van der Waals surface area contributed by atoms with Crippen LogP contribution in [0.15, 0.2) is 5.16 Å². The van der Waals surface area contributed by atoms with Gasteiger partial charge < -0.3 is 10.0 Å². The van der Waals surface area contributed by atoms with Gasteiger partial charge in [0.05, 0.1) is 5.75 Å². The van der Waals surface area contributed by atoms with Crippen LogP contribution in [0.25, 0.3) is 0 Å². The highest BCUT2D eigenvalue weighted by molar-refractivity contribution is 7.99. The number of carbonyl (C=O) groups excluding carboxylic acids is 1. The number of aliphatic carboxylic acids is 1. The summed E-state index contributed by atoms with van der Waals surface area (Å²) < 4.78 is 1.72. The van der Waals surface area contributed by atoms with Crippen LogP contribution in [0.3, 0.4) is 0 Å². The van der Waals surface area contributed by atoms with Crippen LogP contribution in [0, 0.1) is 6.92 Å². The molecule has 0 saturated carbocycles. The molecular weight excluding hydrogens is 280 g/mol. The largest absolute Gasteiger partial charge is 0.481 e. The van der Waals surface area contributed by atoms with Gasteiger partial charge in [-0.2, -0.15) is 0 Å². The summed E-state index contributed by atoms with van der Waals surface area (Å²) in [6.07, 6.45) is 2.08. The summed E-state index contributed by atoms with van der Waals surface area (Å²) in [6.45, 7) is 5.16. The van der Waals surface area contributed by atoms with Gasteiger partial charge in [0.15, 0.2) is 5.16 Å². The lowest BCUT2D eigenvalue weighted by Crippen LogP contribution is -2.34. The van der Waals surface area contributed by atoms with Gasteiger partial charge >= 0.3 is 5.97 Å². The van der Waals surface area contributed by atoms with E-state index in [1.807, 2.05) is 11.8 Å². The molecule has 1 unspecified atom stereocenters. The Balaban J connectivity index is 2.15. The first-order valence-electron chi connectivity index (χ1n) is 6.55. The number of aryl methyl sites for hydroxylation is 1. The van der Waals surface area contributed by atoms with Gasteiger partial charge in [0.25, 0.3) is 0 Å². The summed E-state index contributed by atoms with van der Waals surface area (Å²) in [4.78, 5) is 24.9. The van der Waals surface area contributed by atoms with Crippen molar-refractivity contribution in [2.75, 3.05) is 18.8 Å². The molecular formula is C12H18N4O3S. The third kappa shape index (κ3) is 3.12. The monoisotopic (exact) mass is 298 g/mol. The SMILES string of the molecule is Cc1nnc(SCC(=O)O)n1C(C)C(=O)N1CCCC1. The molecule has 1 aromatic heterocycles. The van der Waals surface area contributed by atoms with E-state index in [4.69, 9.17) is 5.11 Å². The molecule has 0 aromatic carbocycles. The predicted octanol–water partition coefficient (Wildman–Crippen LogP) is 0.947. The Morgan fingerprint density at radius 3 is 2.60 bits per heavy atom. The third-order valence-electron chi connectivity index (χ3n) is 3.32. The van der Waals surface area contributed by atoms with Gasteiger partial charge in [-0.25, -0.2) is 0 Å². The van der Waals surface area contributed by atoms with Crippen LogP contribution in [0.4, 0.5) is 0 Å². The molecule has 2 rings (SSSR count). The normalized spacial score (nSPS) is 16.4. The van der Waals surface area contributed by atoms with Crippen molar-refractivity contribution >= 4 is 23.6 Å². The highest BCUT2D eigenvalue weighted by Crippen LogP contribution is 2.23. The molecule has 1 fully saturated rings. The molecule has 1 saturated heterocycles. The van der Waals surface area contributed by atoms with E-state index in [0.29, 0.717) is 11.0 Å². The Hall–Kier alpha value is -1.57. The summed E-state index contributed by atoms with van der Waals surface area (Å²) in [5.74, 6) is -0.343. The number of amides is 1. The zero-order chi connectivity index (χ0) is 14.7. The van der Waals surface area contributed by atoms with E-state index in [0.717, 1.165) is 37.7 Å². The van der Waals surface area contributed by atoms with Gasteiger partial charge in [-0.1, -0.05) is 11.8 Å². The molecule has 8 heteroatoms. The molecule has 0 radical (unpaired) electrons. The molecule has 1 amide bonds. The van der Waals surface area contributed by atoms with Gasteiger partial charge in [-0.3, -0.25) is 14.2 Å². The number of carbonyl (C=O) groups is 2. The van der Waals surface area contributed by atoms with Crippen LogP contribution in [-0.4, -0.2) is 55.5 Å². The molecule has 2 heterocycles. The number of nitrogens with zero attached hydrogens (tertiary/aromatic N) is 4. The molecule has 110 valence electrons. The minimum atomic E-state index is -0.916. The number of rotatable bonds is 5. The number of aromatic nitrogens is 3. The second kappa shape index (κ2) is 6.25. The number of carboxylic acid groups (broad SMARTS) is 1. The lowest BCUT2D eigenvalue weighted by Gasteiger charge is -2.22. The van der Waals surface area contributed by atoms with Crippen LogP contribution in [0.1, 0.15) is 31.6 Å². The fourth-order valence-electron chi connectivity index (χ4n) is 2.33. The van der Waals surface area contributed by atoms with Crippen molar-refractivity contribution < 1.29 is 14.7 Å². The zero-order valence-corrected chi connectivity index (χ0v) is 12.4. The van der Waals surface area contributed by atoms with Crippen molar-refractivity contribution in [3.05, 3.63) is 5.82 Å². The minimum absolute atomic E-state index is 0.0441. The maximum absolute atomic E-state index is 12.4. The molecule has 0 spiro atoms. The van der Waals surface area contributed by atoms with Crippen molar-refractivity contribution in [2.45, 2.75) is 37.9 Å². The second-order valence-corrected chi connectivity index (χ2v) is 5.73. The van der Waals surface area contributed by atoms with Crippen molar-refractivity contribution in [2.24, 2.45) is 0 Å². The molecule has 1 atom stereocenters. The second-order valence-electron chi connectivity index (χ2n) is 4.79. The molecule has 1 N–H and O–H groups in total. The Morgan fingerprint density at radius 1 is 1.35 bits per heavy atom. The van der Waals surface area contributed by atoms with Gasteiger partial charge in [-0.05, 0) is 26.7 Å². The smallest absolute Gasteiger partial charge is 0.313 e. The van der Waals surface area contributed by atoms with E-state index in [1.165, 1.54) is 0 Å². The molecule has 0 bridgehead atoms. The molecule has 0 aliphatic carbocycles. The quantitative estimate of drug-likeness (QED) is 0.814. The lowest BCUT2D eigenvalue weighted by atomic mass is 10.3. The highest BCUT2D eigenvalue weighted by atomic mass is 32.2. The van der Waals surface area contributed by atoms with Crippen molar-refractivity contribution in [3.63, 3.8) is 0 Å². The van der Waals surface area contributed by atoms with E-state index in [9.17, 15) is 9.59 Å². The summed E-state index contributed by atoms with van der Waals surface area (Å²) in [5.41, 5.74) is 0. The first-order valence-corrected chi connectivity index (χ1v) is 7.54. The molecule has 1 aliphatic heterocycles. The Kier molecular flexibility index (Phi) is 4.64. The summed E-state index contributed by atoms with van der Waals surface area (Å²) in [7, 11) is 0. The van der Waals surface area contributed by atoms with Gasteiger partial charge in [0.2, 0.25) is 5.91 Å². The predicted molar refractivity (Wildman–Crippen MR) is 73.6 cm³/mol. The van der Waals surface area contributed by atoms with Gasteiger partial charge in [0, 0.05) is 13.1 Å².